The van der Waals surface area contributed by atoms with Crippen molar-refractivity contribution in [2.75, 3.05) is 39.9 Å². The van der Waals surface area contributed by atoms with Crippen molar-refractivity contribution in [1.82, 2.24) is 9.80 Å². The highest BCUT2D eigenvalue weighted by Gasteiger charge is 2.39. The molecular formula is C14H24N2O3. The van der Waals surface area contributed by atoms with E-state index in [9.17, 15) is 4.79 Å². The SMILES string of the molecule is CN1CCOC(C(=O)N2CCOC3CCCCC32)C1. The third-order valence-corrected chi connectivity index (χ3v) is 4.56. The lowest BCUT2D eigenvalue weighted by Crippen LogP contribution is -2.59. The number of carbonyl (C=O) groups excluding carboxylic acids is 1. The number of carbonyl (C=O) groups is 1. The van der Waals surface area contributed by atoms with Gasteiger partial charge in [-0.05, 0) is 19.9 Å². The van der Waals surface area contributed by atoms with Gasteiger partial charge in [0.05, 0.1) is 25.4 Å². The van der Waals surface area contributed by atoms with Crippen LogP contribution in [0.3, 0.4) is 0 Å². The first-order chi connectivity index (χ1) is 9.25. The minimum absolute atomic E-state index is 0.173. The summed E-state index contributed by atoms with van der Waals surface area (Å²) in [6, 6.07) is 0.283. The summed E-state index contributed by atoms with van der Waals surface area (Å²) in [5, 5.41) is 0. The Morgan fingerprint density at radius 2 is 1.89 bits per heavy atom. The molecule has 0 N–H and O–H groups in total. The maximum Gasteiger partial charge on any atom is 0.253 e. The molecule has 2 saturated heterocycles. The van der Waals surface area contributed by atoms with Crippen molar-refractivity contribution in [3.63, 3.8) is 0 Å². The Morgan fingerprint density at radius 1 is 1.11 bits per heavy atom. The van der Waals surface area contributed by atoms with Gasteiger partial charge in [0.25, 0.3) is 5.91 Å². The first-order valence-electron chi connectivity index (χ1n) is 7.48. The molecule has 1 saturated carbocycles. The molecular weight excluding hydrogens is 244 g/mol. The van der Waals surface area contributed by atoms with Crippen molar-refractivity contribution in [3.05, 3.63) is 0 Å². The zero-order valence-electron chi connectivity index (χ0n) is 11.7. The highest BCUT2D eigenvalue weighted by Crippen LogP contribution is 2.29. The lowest BCUT2D eigenvalue weighted by Gasteiger charge is -2.45. The van der Waals surface area contributed by atoms with Crippen LogP contribution in [-0.4, -0.2) is 73.9 Å². The van der Waals surface area contributed by atoms with Crippen LogP contribution >= 0.6 is 0 Å². The Hall–Kier alpha value is -0.650. The highest BCUT2D eigenvalue weighted by molar-refractivity contribution is 5.81. The van der Waals surface area contributed by atoms with Gasteiger partial charge in [0.2, 0.25) is 0 Å². The van der Waals surface area contributed by atoms with Gasteiger partial charge in [0, 0.05) is 19.6 Å². The van der Waals surface area contributed by atoms with Crippen molar-refractivity contribution in [2.24, 2.45) is 0 Å². The zero-order chi connectivity index (χ0) is 13.2. The van der Waals surface area contributed by atoms with Crippen LogP contribution in [0.5, 0.6) is 0 Å². The van der Waals surface area contributed by atoms with Crippen molar-refractivity contribution in [2.45, 2.75) is 43.9 Å². The molecule has 3 unspecified atom stereocenters. The average Bonchev–Trinajstić information content (AvgIpc) is 2.46. The molecule has 19 heavy (non-hydrogen) atoms. The standard InChI is InChI=1S/C14H24N2O3/c1-15-6-8-19-13(10-15)14(17)16-7-9-18-12-5-3-2-4-11(12)16/h11-13H,2-10H2,1H3. The topological polar surface area (TPSA) is 42.0 Å². The second kappa shape index (κ2) is 5.77. The van der Waals surface area contributed by atoms with E-state index >= 15 is 0 Å². The molecule has 3 fully saturated rings. The Bertz CT molecular complexity index is 335. The fourth-order valence-electron chi connectivity index (χ4n) is 3.48. The average molecular weight is 268 g/mol. The van der Waals surface area contributed by atoms with Gasteiger partial charge in [-0.3, -0.25) is 4.79 Å². The summed E-state index contributed by atoms with van der Waals surface area (Å²) in [6.07, 6.45) is 4.59. The summed E-state index contributed by atoms with van der Waals surface area (Å²) < 4.78 is 11.5. The predicted octanol–water partition coefficient (Wildman–Crippen LogP) is 0.487. The van der Waals surface area contributed by atoms with E-state index in [1.54, 1.807) is 0 Å². The number of rotatable bonds is 1. The van der Waals surface area contributed by atoms with E-state index in [0.29, 0.717) is 19.8 Å². The molecule has 1 aliphatic carbocycles. The lowest BCUT2D eigenvalue weighted by molar-refractivity contribution is -0.165. The van der Waals surface area contributed by atoms with Crippen LogP contribution < -0.4 is 0 Å². The zero-order valence-corrected chi connectivity index (χ0v) is 11.7. The largest absolute Gasteiger partial charge is 0.374 e. The molecule has 0 aromatic carbocycles. The van der Waals surface area contributed by atoms with E-state index in [1.807, 2.05) is 11.9 Å². The van der Waals surface area contributed by atoms with Gasteiger partial charge in [-0.25, -0.2) is 0 Å². The Morgan fingerprint density at radius 3 is 2.74 bits per heavy atom. The smallest absolute Gasteiger partial charge is 0.253 e. The van der Waals surface area contributed by atoms with Gasteiger partial charge in [0.1, 0.15) is 6.10 Å². The summed E-state index contributed by atoms with van der Waals surface area (Å²) in [5.41, 5.74) is 0. The molecule has 3 atom stereocenters. The third-order valence-electron chi connectivity index (χ3n) is 4.56. The second-order valence-electron chi connectivity index (χ2n) is 5.91. The number of morpholine rings is 2. The van der Waals surface area contributed by atoms with Crippen LogP contribution in [0.2, 0.25) is 0 Å². The van der Waals surface area contributed by atoms with E-state index in [0.717, 1.165) is 25.9 Å². The predicted molar refractivity (Wildman–Crippen MR) is 70.9 cm³/mol. The number of hydrogen-bond donors (Lipinski definition) is 0. The molecule has 0 spiro atoms. The van der Waals surface area contributed by atoms with E-state index in [2.05, 4.69) is 4.90 Å². The highest BCUT2D eigenvalue weighted by atomic mass is 16.5. The monoisotopic (exact) mass is 268 g/mol. The maximum absolute atomic E-state index is 12.7. The van der Waals surface area contributed by atoms with E-state index in [4.69, 9.17) is 9.47 Å². The minimum Gasteiger partial charge on any atom is -0.374 e. The normalized spacial score (nSPS) is 36.9. The van der Waals surface area contributed by atoms with Gasteiger partial charge in [-0.15, -0.1) is 0 Å². The first kappa shape index (κ1) is 13.3. The molecule has 5 nitrogen and oxygen atoms in total. The number of ether oxygens (including phenoxy) is 2. The van der Waals surface area contributed by atoms with E-state index in [1.165, 1.54) is 12.8 Å². The van der Waals surface area contributed by atoms with Crippen molar-refractivity contribution >= 4 is 5.91 Å². The molecule has 0 bridgehead atoms. The van der Waals surface area contributed by atoms with Crippen LogP contribution in [-0.2, 0) is 14.3 Å². The Balaban J connectivity index is 1.67. The van der Waals surface area contributed by atoms with Gasteiger partial charge in [0.15, 0.2) is 0 Å². The van der Waals surface area contributed by atoms with Crippen LogP contribution in [0.4, 0.5) is 0 Å². The Kier molecular flexibility index (Phi) is 4.05. The number of hydrogen-bond acceptors (Lipinski definition) is 4. The summed E-state index contributed by atoms with van der Waals surface area (Å²) in [5.74, 6) is 0.173. The summed E-state index contributed by atoms with van der Waals surface area (Å²) >= 11 is 0. The Labute approximate surface area is 114 Å². The van der Waals surface area contributed by atoms with Crippen molar-refractivity contribution in [1.29, 1.82) is 0 Å². The van der Waals surface area contributed by atoms with Crippen molar-refractivity contribution in [3.8, 4) is 0 Å². The third kappa shape index (κ3) is 2.78. The van der Waals surface area contributed by atoms with Crippen molar-refractivity contribution < 1.29 is 14.3 Å². The minimum atomic E-state index is -0.278. The molecule has 108 valence electrons. The van der Waals surface area contributed by atoms with Gasteiger partial charge < -0.3 is 19.3 Å². The molecule has 3 aliphatic rings. The van der Waals surface area contributed by atoms with Crippen LogP contribution in [0.15, 0.2) is 0 Å². The van der Waals surface area contributed by atoms with E-state index in [-0.39, 0.29) is 24.2 Å². The second-order valence-corrected chi connectivity index (χ2v) is 5.91. The fourth-order valence-corrected chi connectivity index (χ4v) is 3.48. The van der Waals surface area contributed by atoms with Gasteiger partial charge in [-0.2, -0.15) is 0 Å². The van der Waals surface area contributed by atoms with Crippen LogP contribution in [0.25, 0.3) is 0 Å². The maximum atomic E-state index is 12.7. The summed E-state index contributed by atoms with van der Waals surface area (Å²) in [6.45, 7) is 3.69. The molecule has 0 radical (unpaired) electrons. The fraction of sp³-hybridized carbons (Fsp3) is 0.929. The van der Waals surface area contributed by atoms with Crippen LogP contribution in [0.1, 0.15) is 25.7 Å². The summed E-state index contributed by atoms with van der Waals surface area (Å²) in [7, 11) is 2.05. The number of amides is 1. The molecule has 2 heterocycles. The summed E-state index contributed by atoms with van der Waals surface area (Å²) in [4.78, 5) is 16.9. The molecule has 1 amide bonds. The number of likely N-dealkylation sites (N-methyl/N-ethyl adjacent to an activating group) is 1. The number of fused-ring (bicyclic) bond motifs is 1. The quantitative estimate of drug-likeness (QED) is 0.694. The molecule has 5 heteroatoms. The van der Waals surface area contributed by atoms with E-state index < -0.39 is 0 Å². The molecule has 2 aliphatic heterocycles. The van der Waals surface area contributed by atoms with Crippen LogP contribution in [0, 0.1) is 0 Å². The van der Waals surface area contributed by atoms with Gasteiger partial charge in [-0.1, -0.05) is 12.8 Å². The lowest BCUT2D eigenvalue weighted by atomic mass is 9.90. The molecule has 0 aromatic heterocycles. The first-order valence-corrected chi connectivity index (χ1v) is 7.48. The molecule has 3 rings (SSSR count). The molecule has 0 aromatic rings. The van der Waals surface area contributed by atoms with Gasteiger partial charge >= 0.3 is 0 Å². The number of nitrogens with zero attached hydrogens (tertiary/aromatic N) is 2.